The van der Waals surface area contributed by atoms with Crippen molar-refractivity contribution in [2.45, 2.75) is 6.92 Å². The number of aryl methyl sites for hydroxylation is 1. The molecule has 0 spiro atoms. The minimum absolute atomic E-state index is 0.195. The molecule has 2 N–H and O–H groups in total. The highest BCUT2D eigenvalue weighted by Gasteiger charge is 2.19. The lowest BCUT2D eigenvalue weighted by atomic mass is 10.0. The van der Waals surface area contributed by atoms with Crippen LogP contribution in [0, 0.1) is 6.92 Å². The van der Waals surface area contributed by atoms with Gasteiger partial charge in [-0.2, -0.15) is 5.10 Å². The Labute approximate surface area is 138 Å². The summed E-state index contributed by atoms with van der Waals surface area (Å²) in [6, 6.07) is 18.9. The predicted molar refractivity (Wildman–Crippen MR) is 91.4 cm³/mol. The van der Waals surface area contributed by atoms with Crippen molar-refractivity contribution < 1.29 is 9.63 Å². The summed E-state index contributed by atoms with van der Waals surface area (Å²) >= 11 is 0. The molecule has 0 radical (unpaired) electrons. The van der Waals surface area contributed by atoms with Crippen LogP contribution in [0.2, 0.25) is 0 Å². The normalized spacial score (nSPS) is 10.9. The van der Waals surface area contributed by atoms with Crippen LogP contribution >= 0.6 is 0 Å². The van der Waals surface area contributed by atoms with E-state index in [9.17, 15) is 5.11 Å². The van der Waals surface area contributed by atoms with Crippen molar-refractivity contribution in [1.82, 2.24) is 15.4 Å². The number of aromatic hydroxyl groups is 1. The van der Waals surface area contributed by atoms with Gasteiger partial charge < -0.3 is 9.63 Å². The molecule has 0 saturated carbocycles. The summed E-state index contributed by atoms with van der Waals surface area (Å²) < 4.78 is 5.40. The van der Waals surface area contributed by atoms with Gasteiger partial charge in [0.1, 0.15) is 17.2 Å². The first-order chi connectivity index (χ1) is 11.7. The summed E-state index contributed by atoms with van der Waals surface area (Å²) in [7, 11) is 0. The molecule has 2 aromatic carbocycles. The van der Waals surface area contributed by atoms with Gasteiger partial charge in [0.2, 0.25) is 0 Å². The van der Waals surface area contributed by atoms with E-state index >= 15 is 0 Å². The molecule has 2 aromatic heterocycles. The smallest absolute Gasteiger partial charge is 0.143 e. The van der Waals surface area contributed by atoms with Crippen molar-refractivity contribution >= 4 is 0 Å². The predicted octanol–water partition coefficient (Wildman–Crippen LogP) is 4.41. The van der Waals surface area contributed by atoms with Gasteiger partial charge in [-0.1, -0.05) is 47.6 Å². The Morgan fingerprint density at radius 1 is 1.00 bits per heavy atom. The first-order valence-corrected chi connectivity index (χ1v) is 7.60. The zero-order valence-electron chi connectivity index (χ0n) is 13.0. The second-order valence-electron chi connectivity index (χ2n) is 5.51. The van der Waals surface area contributed by atoms with Crippen molar-refractivity contribution in [1.29, 1.82) is 0 Å². The van der Waals surface area contributed by atoms with E-state index in [0.717, 1.165) is 22.5 Å². The van der Waals surface area contributed by atoms with Gasteiger partial charge in [0.05, 0.1) is 17.0 Å². The number of para-hydroxylation sites is 1. The number of nitrogens with zero attached hydrogens (tertiary/aromatic N) is 2. The molecule has 0 aliphatic carbocycles. The average molecular weight is 317 g/mol. The van der Waals surface area contributed by atoms with E-state index in [-0.39, 0.29) is 5.75 Å². The summed E-state index contributed by atoms with van der Waals surface area (Å²) in [5.74, 6) is 0.905. The Morgan fingerprint density at radius 2 is 1.75 bits per heavy atom. The van der Waals surface area contributed by atoms with E-state index in [1.807, 2.05) is 55.5 Å². The van der Waals surface area contributed by atoms with Crippen LogP contribution in [0.5, 0.6) is 5.75 Å². The average Bonchev–Trinajstić information content (AvgIpc) is 3.22. The molecule has 4 aromatic rings. The van der Waals surface area contributed by atoms with E-state index in [1.165, 1.54) is 0 Å². The molecule has 5 nitrogen and oxygen atoms in total. The molecule has 0 fully saturated rings. The zero-order valence-corrected chi connectivity index (χ0v) is 13.0. The quantitative estimate of drug-likeness (QED) is 0.587. The monoisotopic (exact) mass is 317 g/mol. The third kappa shape index (κ3) is 2.36. The van der Waals surface area contributed by atoms with Gasteiger partial charge >= 0.3 is 0 Å². The second-order valence-corrected chi connectivity index (χ2v) is 5.51. The standard InChI is InChI=1S/C19H15N3O2/c1-12-18(19(22-24-12)13-7-3-2-4-8-13)16-11-15(20-21-16)14-9-5-6-10-17(14)23/h2-11,23H,1H3,(H,20,21). The van der Waals surface area contributed by atoms with Gasteiger partial charge in [-0.25, -0.2) is 0 Å². The zero-order chi connectivity index (χ0) is 16.5. The van der Waals surface area contributed by atoms with Crippen molar-refractivity contribution in [3.8, 4) is 39.5 Å². The molecule has 24 heavy (non-hydrogen) atoms. The SMILES string of the molecule is Cc1onc(-c2ccccc2)c1-c1cc(-c2ccccc2O)n[nH]1. The minimum atomic E-state index is 0.195. The van der Waals surface area contributed by atoms with E-state index in [1.54, 1.807) is 12.1 Å². The van der Waals surface area contributed by atoms with Crippen LogP contribution in [0.1, 0.15) is 5.76 Å². The fraction of sp³-hybridized carbons (Fsp3) is 0.0526. The molecular formula is C19H15N3O2. The molecule has 4 rings (SSSR count). The number of benzene rings is 2. The topological polar surface area (TPSA) is 74.9 Å². The lowest BCUT2D eigenvalue weighted by Crippen LogP contribution is -1.84. The maximum absolute atomic E-state index is 10.0. The molecule has 0 aliphatic rings. The highest BCUT2D eigenvalue weighted by molar-refractivity contribution is 5.82. The van der Waals surface area contributed by atoms with Crippen molar-refractivity contribution in [2.75, 3.05) is 0 Å². The van der Waals surface area contributed by atoms with Crippen molar-refractivity contribution in [3.05, 3.63) is 66.4 Å². The number of hydrogen-bond acceptors (Lipinski definition) is 4. The molecule has 0 aliphatic heterocycles. The summed E-state index contributed by atoms with van der Waals surface area (Å²) in [4.78, 5) is 0. The van der Waals surface area contributed by atoms with Gasteiger partial charge in [-0.3, -0.25) is 5.10 Å². The molecule has 0 unspecified atom stereocenters. The van der Waals surface area contributed by atoms with Crippen LogP contribution in [0.15, 0.2) is 65.2 Å². The molecule has 0 bridgehead atoms. The summed E-state index contributed by atoms with van der Waals surface area (Å²) in [5, 5.41) is 21.5. The Kier molecular flexibility index (Phi) is 3.39. The first-order valence-electron chi connectivity index (χ1n) is 7.60. The van der Waals surface area contributed by atoms with E-state index in [4.69, 9.17) is 4.52 Å². The van der Waals surface area contributed by atoms with Gasteiger partial charge in [0.15, 0.2) is 0 Å². The van der Waals surface area contributed by atoms with Gasteiger partial charge in [0, 0.05) is 11.1 Å². The number of aromatic nitrogens is 3. The number of H-pyrrole nitrogens is 1. The van der Waals surface area contributed by atoms with Gasteiger partial charge in [-0.15, -0.1) is 0 Å². The molecular weight excluding hydrogens is 302 g/mol. The maximum Gasteiger partial charge on any atom is 0.143 e. The Bertz CT molecular complexity index is 987. The van der Waals surface area contributed by atoms with Crippen LogP contribution in [-0.2, 0) is 0 Å². The van der Waals surface area contributed by atoms with E-state index in [0.29, 0.717) is 17.0 Å². The fourth-order valence-electron chi connectivity index (χ4n) is 2.76. The number of phenolic OH excluding ortho intramolecular Hbond substituents is 1. The van der Waals surface area contributed by atoms with Crippen LogP contribution in [0.25, 0.3) is 33.8 Å². The fourth-order valence-corrected chi connectivity index (χ4v) is 2.76. The number of hydrogen-bond donors (Lipinski definition) is 2. The molecule has 2 heterocycles. The molecule has 0 amide bonds. The summed E-state index contributed by atoms with van der Waals surface area (Å²) in [6.45, 7) is 1.87. The largest absolute Gasteiger partial charge is 0.507 e. The molecule has 0 saturated heterocycles. The van der Waals surface area contributed by atoms with E-state index < -0.39 is 0 Å². The number of rotatable bonds is 3. The number of aromatic amines is 1. The van der Waals surface area contributed by atoms with E-state index in [2.05, 4.69) is 15.4 Å². The van der Waals surface area contributed by atoms with Crippen molar-refractivity contribution in [3.63, 3.8) is 0 Å². The van der Waals surface area contributed by atoms with Gasteiger partial charge in [0.25, 0.3) is 0 Å². The Morgan fingerprint density at radius 3 is 2.54 bits per heavy atom. The lowest BCUT2D eigenvalue weighted by Gasteiger charge is -2.00. The third-order valence-corrected chi connectivity index (χ3v) is 3.94. The van der Waals surface area contributed by atoms with Crippen LogP contribution < -0.4 is 0 Å². The van der Waals surface area contributed by atoms with Crippen LogP contribution in [0.4, 0.5) is 0 Å². The molecule has 5 heteroatoms. The first kappa shape index (κ1) is 14.3. The molecule has 0 atom stereocenters. The summed E-state index contributed by atoms with van der Waals surface area (Å²) in [6.07, 6.45) is 0. The Balaban J connectivity index is 1.82. The van der Waals surface area contributed by atoms with Crippen LogP contribution in [-0.4, -0.2) is 20.5 Å². The van der Waals surface area contributed by atoms with Crippen molar-refractivity contribution in [2.24, 2.45) is 0 Å². The molecule has 118 valence electrons. The third-order valence-electron chi connectivity index (χ3n) is 3.94. The highest BCUT2D eigenvalue weighted by Crippen LogP contribution is 2.35. The van der Waals surface area contributed by atoms with Gasteiger partial charge in [-0.05, 0) is 25.1 Å². The number of nitrogens with one attached hydrogen (secondary N) is 1. The maximum atomic E-state index is 10.0. The highest BCUT2D eigenvalue weighted by atomic mass is 16.5. The second kappa shape index (κ2) is 5.70. The Hall–Kier alpha value is -3.34. The van der Waals surface area contributed by atoms with Crippen LogP contribution in [0.3, 0.4) is 0 Å². The lowest BCUT2D eigenvalue weighted by molar-refractivity contribution is 0.400. The minimum Gasteiger partial charge on any atom is -0.507 e. The summed E-state index contributed by atoms with van der Waals surface area (Å²) in [5.41, 5.74) is 4.75. The number of phenols is 1.